The normalized spacial score (nSPS) is 9.71. The van der Waals surface area contributed by atoms with Crippen molar-refractivity contribution in [2.24, 2.45) is 5.73 Å². The molecular weight excluding hydrogens is 220 g/mol. The van der Waals surface area contributed by atoms with Gasteiger partial charge < -0.3 is 16.4 Å². The third-order valence-corrected chi connectivity index (χ3v) is 2.04. The van der Waals surface area contributed by atoms with E-state index in [9.17, 15) is 9.59 Å². The Hall–Kier alpha value is -2.11. The lowest BCUT2D eigenvalue weighted by Gasteiger charge is -2.07. The Kier molecular flexibility index (Phi) is 4.93. The van der Waals surface area contributed by atoms with Gasteiger partial charge in [0.05, 0.1) is 6.54 Å². The summed E-state index contributed by atoms with van der Waals surface area (Å²) in [7, 11) is 0. The Balaban J connectivity index is 2.49. The molecule has 0 aliphatic rings. The van der Waals surface area contributed by atoms with Crippen molar-refractivity contribution >= 4 is 17.5 Å². The van der Waals surface area contributed by atoms with Crippen LogP contribution in [0.2, 0.25) is 0 Å². The van der Waals surface area contributed by atoms with Gasteiger partial charge in [-0.25, -0.2) is 0 Å². The zero-order chi connectivity index (χ0) is 12.7. The quantitative estimate of drug-likeness (QED) is 0.653. The van der Waals surface area contributed by atoms with Crippen LogP contribution in [-0.2, 0) is 4.79 Å². The van der Waals surface area contributed by atoms with Crippen LogP contribution in [0.3, 0.4) is 0 Å². The molecule has 0 saturated carbocycles. The first-order valence-electron chi connectivity index (χ1n) is 5.40. The lowest BCUT2D eigenvalue weighted by molar-refractivity contribution is -0.119. The first-order chi connectivity index (χ1) is 8.13. The fraction of sp³-hybridized carbons (Fsp3) is 0.364. The minimum atomic E-state index is -0.593. The van der Waals surface area contributed by atoms with Gasteiger partial charge in [0, 0.05) is 18.4 Å². The average molecular weight is 236 g/mol. The Bertz CT molecular complexity index is 406. The summed E-state index contributed by atoms with van der Waals surface area (Å²) in [6, 6.07) is 3.18. The van der Waals surface area contributed by atoms with E-state index in [-0.39, 0.29) is 18.1 Å². The van der Waals surface area contributed by atoms with Gasteiger partial charge in [-0.2, -0.15) is 0 Å². The van der Waals surface area contributed by atoms with Crippen LogP contribution in [-0.4, -0.2) is 29.9 Å². The van der Waals surface area contributed by atoms with E-state index in [4.69, 9.17) is 5.73 Å². The van der Waals surface area contributed by atoms with Crippen molar-refractivity contribution in [3.8, 4) is 0 Å². The predicted octanol–water partition coefficient (Wildman–Crippen LogP) is 0.119. The molecule has 0 aliphatic carbocycles. The molecule has 0 saturated heterocycles. The Labute approximate surface area is 99.6 Å². The van der Waals surface area contributed by atoms with E-state index in [1.54, 1.807) is 6.07 Å². The summed E-state index contributed by atoms with van der Waals surface area (Å²) in [4.78, 5) is 26.0. The Morgan fingerprint density at radius 2 is 2.24 bits per heavy atom. The van der Waals surface area contributed by atoms with Crippen LogP contribution in [0.1, 0.15) is 23.8 Å². The SMILES string of the molecule is CCCNC(=O)CNc1ccnc(C(N)=O)c1. The van der Waals surface area contributed by atoms with E-state index in [0.717, 1.165) is 6.42 Å². The number of hydrogen-bond acceptors (Lipinski definition) is 4. The van der Waals surface area contributed by atoms with Crippen molar-refractivity contribution in [3.63, 3.8) is 0 Å². The minimum absolute atomic E-state index is 0.0933. The van der Waals surface area contributed by atoms with Gasteiger partial charge in [0.15, 0.2) is 0 Å². The molecule has 1 aromatic rings. The third-order valence-electron chi connectivity index (χ3n) is 2.04. The molecule has 0 atom stereocenters. The van der Waals surface area contributed by atoms with Crippen molar-refractivity contribution in [1.29, 1.82) is 0 Å². The van der Waals surface area contributed by atoms with Gasteiger partial charge in [0.25, 0.3) is 5.91 Å². The average Bonchev–Trinajstić information content (AvgIpc) is 2.34. The topological polar surface area (TPSA) is 97.1 Å². The second-order valence-electron chi connectivity index (χ2n) is 3.50. The molecule has 2 amide bonds. The number of carbonyl (C=O) groups excluding carboxylic acids is 2. The summed E-state index contributed by atoms with van der Waals surface area (Å²) in [5, 5.41) is 5.62. The summed E-state index contributed by atoms with van der Waals surface area (Å²) in [6.07, 6.45) is 2.36. The van der Waals surface area contributed by atoms with Crippen molar-refractivity contribution in [1.82, 2.24) is 10.3 Å². The number of carbonyl (C=O) groups is 2. The monoisotopic (exact) mass is 236 g/mol. The largest absolute Gasteiger partial charge is 0.376 e. The maximum absolute atomic E-state index is 11.3. The van der Waals surface area contributed by atoms with Crippen molar-refractivity contribution in [3.05, 3.63) is 24.0 Å². The number of nitrogens with two attached hydrogens (primary N) is 1. The second-order valence-corrected chi connectivity index (χ2v) is 3.50. The highest BCUT2D eigenvalue weighted by Crippen LogP contribution is 2.06. The van der Waals surface area contributed by atoms with Crippen LogP contribution in [0.25, 0.3) is 0 Å². The Morgan fingerprint density at radius 3 is 2.88 bits per heavy atom. The smallest absolute Gasteiger partial charge is 0.267 e. The molecule has 0 radical (unpaired) electrons. The highest BCUT2D eigenvalue weighted by Gasteiger charge is 2.04. The van der Waals surface area contributed by atoms with Crippen LogP contribution in [0, 0.1) is 0 Å². The van der Waals surface area contributed by atoms with Gasteiger partial charge in [-0.1, -0.05) is 6.92 Å². The van der Waals surface area contributed by atoms with Crippen LogP contribution in [0.15, 0.2) is 18.3 Å². The predicted molar refractivity (Wildman–Crippen MR) is 64.5 cm³/mol. The van der Waals surface area contributed by atoms with Gasteiger partial charge >= 0.3 is 0 Å². The molecule has 0 unspecified atom stereocenters. The van der Waals surface area contributed by atoms with E-state index < -0.39 is 5.91 Å². The zero-order valence-electron chi connectivity index (χ0n) is 9.69. The molecule has 6 heteroatoms. The Morgan fingerprint density at radius 1 is 1.47 bits per heavy atom. The number of nitrogens with zero attached hydrogens (tertiary/aromatic N) is 1. The van der Waals surface area contributed by atoms with Gasteiger partial charge in [0.2, 0.25) is 5.91 Å². The molecule has 0 aliphatic heterocycles. The van der Waals surface area contributed by atoms with E-state index in [0.29, 0.717) is 12.2 Å². The van der Waals surface area contributed by atoms with Crippen LogP contribution < -0.4 is 16.4 Å². The lowest BCUT2D eigenvalue weighted by atomic mass is 10.3. The molecule has 1 heterocycles. The van der Waals surface area contributed by atoms with Crippen molar-refractivity contribution < 1.29 is 9.59 Å². The van der Waals surface area contributed by atoms with Gasteiger partial charge in [-0.05, 0) is 18.6 Å². The molecular formula is C11H16N4O2. The molecule has 4 N–H and O–H groups in total. The molecule has 0 bridgehead atoms. The number of rotatable bonds is 6. The molecule has 0 aromatic carbocycles. The molecule has 1 rings (SSSR count). The highest BCUT2D eigenvalue weighted by molar-refractivity contribution is 5.91. The van der Waals surface area contributed by atoms with Crippen LogP contribution >= 0.6 is 0 Å². The summed E-state index contributed by atoms with van der Waals surface area (Å²) >= 11 is 0. The van der Waals surface area contributed by atoms with Crippen molar-refractivity contribution in [2.45, 2.75) is 13.3 Å². The molecule has 0 spiro atoms. The maximum Gasteiger partial charge on any atom is 0.267 e. The summed E-state index contributed by atoms with van der Waals surface area (Å²) in [6.45, 7) is 2.79. The zero-order valence-corrected chi connectivity index (χ0v) is 9.69. The van der Waals surface area contributed by atoms with E-state index in [1.807, 2.05) is 6.92 Å². The third kappa shape index (κ3) is 4.50. The van der Waals surface area contributed by atoms with E-state index in [1.165, 1.54) is 12.3 Å². The number of aromatic nitrogens is 1. The molecule has 0 fully saturated rings. The number of primary amides is 1. The summed E-state index contributed by atoms with van der Waals surface area (Å²) in [5.74, 6) is -0.687. The highest BCUT2D eigenvalue weighted by atomic mass is 16.2. The number of hydrogen-bond donors (Lipinski definition) is 3. The van der Waals surface area contributed by atoms with E-state index in [2.05, 4.69) is 15.6 Å². The van der Waals surface area contributed by atoms with Gasteiger partial charge in [-0.15, -0.1) is 0 Å². The first-order valence-corrected chi connectivity index (χ1v) is 5.40. The minimum Gasteiger partial charge on any atom is -0.376 e. The maximum atomic E-state index is 11.3. The molecule has 6 nitrogen and oxygen atoms in total. The van der Waals surface area contributed by atoms with Gasteiger partial charge in [-0.3, -0.25) is 14.6 Å². The molecule has 92 valence electrons. The second kappa shape index (κ2) is 6.47. The fourth-order valence-electron chi connectivity index (χ4n) is 1.18. The fourth-order valence-corrected chi connectivity index (χ4v) is 1.18. The van der Waals surface area contributed by atoms with E-state index >= 15 is 0 Å². The molecule has 17 heavy (non-hydrogen) atoms. The summed E-state index contributed by atoms with van der Waals surface area (Å²) < 4.78 is 0. The standard InChI is InChI=1S/C11H16N4O2/c1-2-4-14-10(16)7-15-8-3-5-13-9(6-8)11(12)17/h3,5-6H,2,4,7H2,1H3,(H2,12,17)(H,13,15)(H,14,16). The number of amides is 2. The summed E-state index contributed by atoms with van der Waals surface area (Å²) in [5.41, 5.74) is 5.91. The molecule has 1 aromatic heterocycles. The van der Waals surface area contributed by atoms with Crippen molar-refractivity contribution in [2.75, 3.05) is 18.4 Å². The number of anilines is 1. The number of pyridine rings is 1. The first kappa shape index (κ1) is 13.0. The van der Waals surface area contributed by atoms with Crippen LogP contribution in [0.5, 0.6) is 0 Å². The van der Waals surface area contributed by atoms with Crippen LogP contribution in [0.4, 0.5) is 5.69 Å². The number of nitrogens with one attached hydrogen (secondary N) is 2. The van der Waals surface area contributed by atoms with Gasteiger partial charge in [0.1, 0.15) is 5.69 Å². The lowest BCUT2D eigenvalue weighted by Crippen LogP contribution is -2.30.